The van der Waals surface area contributed by atoms with E-state index in [0.29, 0.717) is 0 Å². The molecule has 0 aromatic carbocycles. The van der Waals surface area contributed by atoms with E-state index in [9.17, 15) is 9.59 Å². The SMILES string of the molecule is CCP(CC)C(NC(=O)CC(N)=O)P(CC)CC. The van der Waals surface area contributed by atoms with Crippen LogP contribution in [0.4, 0.5) is 0 Å². The maximum atomic E-state index is 11.7. The van der Waals surface area contributed by atoms with Gasteiger partial charge in [0, 0.05) is 0 Å². The predicted octanol–water partition coefficient (Wildman–Crippen LogP) is 2.30. The number of carbonyl (C=O) groups is 2. The summed E-state index contributed by atoms with van der Waals surface area (Å²) in [6.45, 7) is 8.73. The number of carbonyl (C=O) groups excluding carboxylic acids is 2. The fraction of sp³-hybridized carbons (Fsp3) is 0.833. The molecule has 4 nitrogen and oxygen atoms in total. The zero-order valence-corrected chi connectivity index (χ0v) is 13.7. The molecule has 3 N–H and O–H groups in total. The van der Waals surface area contributed by atoms with Crippen molar-refractivity contribution in [2.24, 2.45) is 5.73 Å². The quantitative estimate of drug-likeness (QED) is 0.505. The Kier molecular flexibility index (Phi) is 9.59. The molecule has 0 fully saturated rings. The first-order valence-corrected chi connectivity index (χ1v) is 10.1. The van der Waals surface area contributed by atoms with Crippen LogP contribution < -0.4 is 11.1 Å². The van der Waals surface area contributed by atoms with Crippen LogP contribution >= 0.6 is 15.8 Å². The molecule has 0 saturated carbocycles. The van der Waals surface area contributed by atoms with Crippen molar-refractivity contribution in [2.75, 3.05) is 24.6 Å². The molecule has 2 amide bonds. The van der Waals surface area contributed by atoms with Crippen molar-refractivity contribution >= 4 is 27.7 Å². The predicted molar refractivity (Wildman–Crippen MR) is 81.7 cm³/mol. The average molecular weight is 292 g/mol. The van der Waals surface area contributed by atoms with E-state index < -0.39 is 5.91 Å². The molecule has 0 spiro atoms. The zero-order chi connectivity index (χ0) is 14.1. The molecule has 106 valence electrons. The van der Waals surface area contributed by atoms with Crippen LogP contribution in [0.15, 0.2) is 0 Å². The number of hydrogen-bond acceptors (Lipinski definition) is 2. The van der Waals surface area contributed by atoms with Crippen LogP contribution in [0.5, 0.6) is 0 Å². The van der Waals surface area contributed by atoms with Crippen LogP contribution in [-0.4, -0.2) is 42.0 Å². The Balaban J connectivity index is 4.74. The lowest BCUT2D eigenvalue weighted by Crippen LogP contribution is -2.36. The molecular weight excluding hydrogens is 266 g/mol. The number of amides is 2. The van der Waals surface area contributed by atoms with Gasteiger partial charge in [-0.1, -0.05) is 43.5 Å². The molecular formula is C12H26N2O2P2. The van der Waals surface area contributed by atoms with Gasteiger partial charge in [-0.2, -0.15) is 0 Å². The molecule has 0 rings (SSSR count). The van der Waals surface area contributed by atoms with E-state index in [4.69, 9.17) is 5.73 Å². The minimum Gasteiger partial charge on any atom is -0.369 e. The maximum absolute atomic E-state index is 11.7. The van der Waals surface area contributed by atoms with E-state index in [1.54, 1.807) is 0 Å². The van der Waals surface area contributed by atoms with Gasteiger partial charge in [0.25, 0.3) is 0 Å². The van der Waals surface area contributed by atoms with Crippen molar-refractivity contribution in [1.29, 1.82) is 0 Å². The van der Waals surface area contributed by atoms with E-state index in [0.717, 1.165) is 24.6 Å². The summed E-state index contributed by atoms with van der Waals surface area (Å²) in [5, 5.41) is 3.07. The summed E-state index contributed by atoms with van der Waals surface area (Å²) in [4.78, 5) is 22.5. The number of nitrogens with two attached hydrogens (primary N) is 1. The second-order valence-electron chi connectivity index (χ2n) is 4.03. The second kappa shape index (κ2) is 9.69. The largest absolute Gasteiger partial charge is 0.369 e. The van der Waals surface area contributed by atoms with E-state index in [2.05, 4.69) is 33.0 Å². The fourth-order valence-electron chi connectivity index (χ4n) is 1.91. The van der Waals surface area contributed by atoms with Gasteiger partial charge < -0.3 is 11.1 Å². The van der Waals surface area contributed by atoms with E-state index in [-0.39, 0.29) is 33.7 Å². The smallest absolute Gasteiger partial charge is 0.230 e. The van der Waals surface area contributed by atoms with Crippen LogP contribution in [0.25, 0.3) is 0 Å². The lowest BCUT2D eigenvalue weighted by Gasteiger charge is -2.33. The van der Waals surface area contributed by atoms with Crippen LogP contribution in [0.3, 0.4) is 0 Å². The highest BCUT2D eigenvalue weighted by Crippen LogP contribution is 2.56. The third kappa shape index (κ3) is 6.11. The minimum atomic E-state index is -0.555. The lowest BCUT2D eigenvalue weighted by molar-refractivity contribution is -0.127. The summed E-state index contributed by atoms with van der Waals surface area (Å²) in [5.74, 6) is -0.766. The van der Waals surface area contributed by atoms with Gasteiger partial charge in [-0.3, -0.25) is 9.59 Å². The topological polar surface area (TPSA) is 72.2 Å². The van der Waals surface area contributed by atoms with Crippen molar-refractivity contribution < 1.29 is 9.59 Å². The third-order valence-electron chi connectivity index (χ3n) is 2.94. The highest BCUT2D eigenvalue weighted by molar-refractivity contribution is 7.75. The number of rotatable bonds is 9. The van der Waals surface area contributed by atoms with Gasteiger partial charge in [-0.25, -0.2) is 0 Å². The van der Waals surface area contributed by atoms with Gasteiger partial charge in [0.05, 0.1) is 5.52 Å². The Morgan fingerprint density at radius 1 is 1.00 bits per heavy atom. The van der Waals surface area contributed by atoms with Gasteiger partial charge in [0.1, 0.15) is 6.42 Å². The molecule has 0 aromatic rings. The maximum Gasteiger partial charge on any atom is 0.230 e. The Bertz CT molecular complexity index is 255. The van der Waals surface area contributed by atoms with Crippen LogP contribution in [0.2, 0.25) is 0 Å². The average Bonchev–Trinajstić information content (AvgIpc) is 2.30. The molecule has 0 aliphatic rings. The van der Waals surface area contributed by atoms with Gasteiger partial charge in [0.2, 0.25) is 11.8 Å². The first-order chi connectivity index (χ1) is 8.49. The van der Waals surface area contributed by atoms with E-state index >= 15 is 0 Å². The lowest BCUT2D eigenvalue weighted by atomic mass is 10.4. The molecule has 0 saturated heterocycles. The van der Waals surface area contributed by atoms with E-state index in [1.165, 1.54) is 0 Å². The van der Waals surface area contributed by atoms with Crippen LogP contribution in [0.1, 0.15) is 34.1 Å². The zero-order valence-electron chi connectivity index (χ0n) is 11.9. The molecule has 6 heteroatoms. The number of nitrogens with one attached hydrogen (secondary N) is 1. The molecule has 0 unspecified atom stereocenters. The second-order valence-corrected chi connectivity index (χ2v) is 10.4. The minimum absolute atomic E-state index is 0.183. The summed E-state index contributed by atoms with van der Waals surface area (Å²) in [6, 6.07) is 0. The first kappa shape index (κ1) is 17.8. The molecule has 18 heavy (non-hydrogen) atoms. The normalized spacial score (nSPS) is 11.3. The van der Waals surface area contributed by atoms with Crippen molar-refractivity contribution in [3.8, 4) is 0 Å². The van der Waals surface area contributed by atoms with Gasteiger partial charge in [-0.05, 0) is 24.6 Å². The summed E-state index contributed by atoms with van der Waals surface area (Å²) >= 11 is 0. The number of primary amides is 1. The third-order valence-corrected chi connectivity index (χ3v) is 9.79. The van der Waals surface area contributed by atoms with Crippen molar-refractivity contribution in [1.82, 2.24) is 5.32 Å². The Hall–Kier alpha value is -0.200. The molecule has 0 aromatic heterocycles. The Morgan fingerprint density at radius 3 is 1.67 bits per heavy atom. The van der Waals surface area contributed by atoms with Crippen molar-refractivity contribution in [3.63, 3.8) is 0 Å². The number of hydrogen-bond donors (Lipinski definition) is 2. The van der Waals surface area contributed by atoms with Crippen molar-refractivity contribution in [2.45, 2.75) is 39.6 Å². The molecule has 0 aliphatic heterocycles. The van der Waals surface area contributed by atoms with Crippen LogP contribution in [-0.2, 0) is 9.59 Å². The summed E-state index contributed by atoms with van der Waals surface area (Å²) < 4.78 is 0. The van der Waals surface area contributed by atoms with Gasteiger partial charge in [-0.15, -0.1) is 0 Å². The summed E-state index contributed by atoms with van der Waals surface area (Å²) in [6.07, 6.45) is 4.28. The van der Waals surface area contributed by atoms with Gasteiger partial charge in [0.15, 0.2) is 0 Å². The molecule has 0 aliphatic carbocycles. The Morgan fingerprint density at radius 2 is 1.39 bits per heavy atom. The Labute approximate surface area is 113 Å². The summed E-state index contributed by atoms with van der Waals surface area (Å²) in [7, 11) is -0.367. The molecule has 0 bridgehead atoms. The molecule has 0 atom stereocenters. The van der Waals surface area contributed by atoms with Crippen molar-refractivity contribution in [3.05, 3.63) is 0 Å². The van der Waals surface area contributed by atoms with Gasteiger partial charge >= 0.3 is 0 Å². The standard InChI is InChI=1S/C12H26N2O2P2/c1-5-17(6-2)12(18(7-3)8-4)14-11(16)9-10(13)15/h12H,5-9H2,1-4H3,(H2,13,15)(H,14,16). The fourth-order valence-corrected chi connectivity index (χ4v) is 8.64. The van der Waals surface area contributed by atoms with Crippen LogP contribution in [0, 0.1) is 0 Å². The molecule has 0 radical (unpaired) electrons. The monoisotopic (exact) mass is 292 g/mol. The van der Waals surface area contributed by atoms with E-state index in [1.807, 2.05) is 0 Å². The highest BCUT2D eigenvalue weighted by atomic mass is 31.2. The summed E-state index contributed by atoms with van der Waals surface area (Å²) in [5.41, 5.74) is 5.35. The molecule has 0 heterocycles. The first-order valence-electron chi connectivity index (χ1n) is 6.55. The highest BCUT2D eigenvalue weighted by Gasteiger charge is 2.26.